The highest BCUT2D eigenvalue weighted by Crippen LogP contribution is 2.24. The molecule has 0 aliphatic rings. The van der Waals surface area contributed by atoms with Crippen LogP contribution in [-0.4, -0.2) is 22.5 Å². The Morgan fingerprint density at radius 1 is 0.967 bits per heavy atom. The molecule has 3 aromatic rings. The van der Waals surface area contributed by atoms with Gasteiger partial charge in [0.25, 0.3) is 0 Å². The highest BCUT2D eigenvalue weighted by atomic mass is 16.5. The van der Waals surface area contributed by atoms with Crippen LogP contribution in [0.2, 0.25) is 0 Å². The van der Waals surface area contributed by atoms with E-state index in [4.69, 9.17) is 4.74 Å². The fourth-order valence-electron chi connectivity index (χ4n) is 3.21. The molecule has 0 aliphatic carbocycles. The summed E-state index contributed by atoms with van der Waals surface area (Å²) in [5.41, 5.74) is 3.39. The van der Waals surface area contributed by atoms with Gasteiger partial charge in [0.1, 0.15) is 11.4 Å². The van der Waals surface area contributed by atoms with Crippen molar-refractivity contribution in [3.8, 4) is 11.4 Å². The molecule has 5 nitrogen and oxygen atoms in total. The zero-order valence-corrected chi connectivity index (χ0v) is 17.7. The van der Waals surface area contributed by atoms with E-state index in [1.807, 2.05) is 42.5 Å². The van der Waals surface area contributed by atoms with E-state index in [0.717, 1.165) is 17.7 Å². The molecule has 0 saturated heterocycles. The van der Waals surface area contributed by atoms with Gasteiger partial charge < -0.3 is 10.1 Å². The van der Waals surface area contributed by atoms with Crippen molar-refractivity contribution in [2.75, 3.05) is 11.9 Å². The van der Waals surface area contributed by atoms with Crippen molar-refractivity contribution >= 4 is 17.5 Å². The molecule has 156 valence electrons. The summed E-state index contributed by atoms with van der Waals surface area (Å²) < 4.78 is 5.18. The number of hydrogen-bond acceptors (Lipinski definition) is 5. The van der Waals surface area contributed by atoms with Gasteiger partial charge in [-0.2, -0.15) is 0 Å². The molecule has 1 N–H and O–H groups in total. The van der Waals surface area contributed by atoms with E-state index >= 15 is 0 Å². The Labute approximate surface area is 178 Å². The van der Waals surface area contributed by atoms with Crippen LogP contribution in [-0.2, 0) is 11.2 Å². The van der Waals surface area contributed by atoms with E-state index in [0.29, 0.717) is 23.8 Å². The Kier molecular flexibility index (Phi) is 7.95. The van der Waals surface area contributed by atoms with Gasteiger partial charge >= 0.3 is 5.97 Å². The monoisotopic (exact) mass is 403 g/mol. The number of rotatable bonds is 10. The van der Waals surface area contributed by atoms with Gasteiger partial charge in [0.2, 0.25) is 0 Å². The molecule has 0 saturated carbocycles. The first-order chi connectivity index (χ1) is 14.7. The molecular formula is C25H29N3O2. The van der Waals surface area contributed by atoms with Gasteiger partial charge in [-0.05, 0) is 37.5 Å². The number of aromatic nitrogens is 2. The van der Waals surface area contributed by atoms with Crippen molar-refractivity contribution in [2.24, 2.45) is 0 Å². The Morgan fingerprint density at radius 3 is 2.43 bits per heavy atom. The lowest BCUT2D eigenvalue weighted by atomic mass is 10.1. The van der Waals surface area contributed by atoms with Crippen LogP contribution in [0.15, 0.2) is 60.8 Å². The lowest BCUT2D eigenvalue weighted by Gasteiger charge is -2.12. The summed E-state index contributed by atoms with van der Waals surface area (Å²) in [6, 6.07) is 18.0. The maximum atomic E-state index is 12.4. The number of esters is 1. The number of aryl methyl sites for hydroxylation is 1. The van der Waals surface area contributed by atoms with Crippen molar-refractivity contribution in [2.45, 2.75) is 46.0 Å². The van der Waals surface area contributed by atoms with Crippen LogP contribution in [0.5, 0.6) is 0 Å². The van der Waals surface area contributed by atoms with Crippen LogP contribution in [0.1, 0.15) is 55.5 Å². The molecule has 0 unspecified atom stereocenters. The molecule has 30 heavy (non-hydrogen) atoms. The van der Waals surface area contributed by atoms with Crippen molar-refractivity contribution in [1.29, 1.82) is 0 Å². The normalized spacial score (nSPS) is 10.6. The second-order valence-corrected chi connectivity index (χ2v) is 7.17. The number of anilines is 2. The first-order valence-electron chi connectivity index (χ1n) is 10.7. The molecule has 0 atom stereocenters. The molecule has 0 aliphatic heterocycles. The highest BCUT2D eigenvalue weighted by molar-refractivity contribution is 5.95. The Hall–Kier alpha value is -3.21. The molecule has 3 rings (SSSR count). The third-order valence-corrected chi connectivity index (χ3v) is 4.85. The second-order valence-electron chi connectivity index (χ2n) is 7.17. The molecule has 5 heteroatoms. The largest absolute Gasteiger partial charge is 0.462 e. The molecule has 0 radical (unpaired) electrons. The number of hydrogen-bond donors (Lipinski definition) is 1. The molecular weight excluding hydrogens is 374 g/mol. The number of unbranched alkanes of at least 4 members (excludes halogenated alkanes) is 3. The van der Waals surface area contributed by atoms with Gasteiger partial charge in [-0.25, -0.2) is 14.8 Å². The topological polar surface area (TPSA) is 64.1 Å². The predicted molar refractivity (Wildman–Crippen MR) is 121 cm³/mol. The summed E-state index contributed by atoms with van der Waals surface area (Å²) in [6.45, 7) is 4.30. The molecule has 1 aromatic heterocycles. The standard InChI is InChI=1S/C25H29N3O2/c1-3-5-6-8-11-19-14-16-21(17-15-19)27-24-22(25(29)30-4-2)18-26-23(28-24)20-12-9-7-10-13-20/h7,9-10,12-18H,3-6,8,11H2,1-2H3,(H,26,27,28). The Bertz CT molecular complexity index is 940. The van der Waals surface area contributed by atoms with Gasteiger partial charge in [-0.15, -0.1) is 0 Å². The minimum atomic E-state index is -0.438. The molecule has 0 spiro atoms. The van der Waals surface area contributed by atoms with E-state index in [1.165, 1.54) is 37.4 Å². The Balaban J connectivity index is 1.81. The molecule has 2 aromatic carbocycles. The van der Waals surface area contributed by atoms with Gasteiger partial charge in [0, 0.05) is 17.4 Å². The minimum absolute atomic E-state index is 0.297. The van der Waals surface area contributed by atoms with Crippen LogP contribution in [0.25, 0.3) is 11.4 Å². The van der Waals surface area contributed by atoms with E-state index in [-0.39, 0.29) is 0 Å². The number of nitrogens with zero attached hydrogens (tertiary/aromatic N) is 2. The van der Waals surface area contributed by atoms with Crippen molar-refractivity contribution in [3.05, 3.63) is 71.9 Å². The maximum absolute atomic E-state index is 12.4. The number of nitrogens with one attached hydrogen (secondary N) is 1. The number of carbonyl (C=O) groups is 1. The number of carbonyl (C=O) groups excluding carboxylic acids is 1. The molecule has 0 amide bonds. The van der Waals surface area contributed by atoms with Gasteiger partial charge in [0.15, 0.2) is 5.82 Å². The number of ether oxygens (including phenoxy) is 1. The lowest BCUT2D eigenvalue weighted by molar-refractivity contribution is 0.0526. The second kappa shape index (κ2) is 11.1. The summed E-state index contributed by atoms with van der Waals surface area (Å²) in [6.07, 6.45) is 7.61. The Morgan fingerprint density at radius 2 is 1.73 bits per heavy atom. The highest BCUT2D eigenvalue weighted by Gasteiger charge is 2.17. The van der Waals surface area contributed by atoms with Crippen LogP contribution in [0.4, 0.5) is 11.5 Å². The van der Waals surface area contributed by atoms with E-state index < -0.39 is 5.97 Å². The van der Waals surface area contributed by atoms with Crippen LogP contribution < -0.4 is 5.32 Å². The fourth-order valence-corrected chi connectivity index (χ4v) is 3.21. The quantitative estimate of drug-likeness (QED) is 0.323. The smallest absolute Gasteiger partial charge is 0.343 e. The SMILES string of the molecule is CCCCCCc1ccc(Nc2nc(-c3ccccc3)ncc2C(=O)OCC)cc1. The average Bonchev–Trinajstić information content (AvgIpc) is 2.78. The minimum Gasteiger partial charge on any atom is -0.462 e. The van der Waals surface area contributed by atoms with Crippen molar-refractivity contribution in [1.82, 2.24) is 9.97 Å². The van der Waals surface area contributed by atoms with Crippen LogP contribution >= 0.6 is 0 Å². The first-order valence-corrected chi connectivity index (χ1v) is 10.7. The first kappa shape index (κ1) is 21.5. The molecule has 0 fully saturated rings. The average molecular weight is 404 g/mol. The van der Waals surface area contributed by atoms with Crippen LogP contribution in [0.3, 0.4) is 0 Å². The molecule has 1 heterocycles. The summed E-state index contributed by atoms with van der Waals surface area (Å²) in [5.74, 6) is 0.559. The summed E-state index contributed by atoms with van der Waals surface area (Å²) in [7, 11) is 0. The van der Waals surface area contributed by atoms with Crippen molar-refractivity contribution < 1.29 is 9.53 Å². The van der Waals surface area contributed by atoms with Gasteiger partial charge in [-0.3, -0.25) is 0 Å². The van der Waals surface area contributed by atoms with E-state index in [2.05, 4.69) is 34.3 Å². The van der Waals surface area contributed by atoms with E-state index in [1.54, 1.807) is 6.92 Å². The van der Waals surface area contributed by atoms with Crippen molar-refractivity contribution in [3.63, 3.8) is 0 Å². The zero-order valence-electron chi connectivity index (χ0n) is 17.7. The third-order valence-electron chi connectivity index (χ3n) is 4.85. The summed E-state index contributed by atoms with van der Waals surface area (Å²) >= 11 is 0. The van der Waals surface area contributed by atoms with Gasteiger partial charge in [0.05, 0.1) is 6.61 Å². The zero-order chi connectivity index (χ0) is 21.2. The predicted octanol–water partition coefficient (Wildman–Crippen LogP) is 6.19. The summed E-state index contributed by atoms with van der Waals surface area (Å²) in [5, 5.41) is 3.27. The van der Waals surface area contributed by atoms with E-state index in [9.17, 15) is 4.79 Å². The number of benzene rings is 2. The van der Waals surface area contributed by atoms with Crippen LogP contribution in [0, 0.1) is 0 Å². The van der Waals surface area contributed by atoms with Gasteiger partial charge in [-0.1, -0.05) is 68.7 Å². The third kappa shape index (κ3) is 5.89. The summed E-state index contributed by atoms with van der Waals surface area (Å²) in [4.78, 5) is 21.4. The molecule has 0 bridgehead atoms. The maximum Gasteiger partial charge on any atom is 0.343 e. The lowest BCUT2D eigenvalue weighted by Crippen LogP contribution is -2.11. The fraction of sp³-hybridized carbons (Fsp3) is 0.320.